The first-order valence-electron chi connectivity index (χ1n) is 8.27. The fourth-order valence-electron chi connectivity index (χ4n) is 2.61. The van der Waals surface area contributed by atoms with Gasteiger partial charge < -0.3 is 14.7 Å². The molecular weight excluding hydrogens is 372 g/mol. The van der Waals surface area contributed by atoms with Crippen LogP contribution < -0.4 is 4.74 Å². The van der Waals surface area contributed by atoms with Gasteiger partial charge in [-0.05, 0) is 43.7 Å². The van der Waals surface area contributed by atoms with Crippen molar-refractivity contribution in [2.75, 3.05) is 20.2 Å². The molecule has 0 bridgehead atoms. The summed E-state index contributed by atoms with van der Waals surface area (Å²) in [5, 5.41) is 21.8. The van der Waals surface area contributed by atoms with E-state index in [2.05, 4.69) is 0 Å². The minimum absolute atomic E-state index is 0.00733. The number of nitro groups is 1. The molecule has 144 valence electrons. The van der Waals surface area contributed by atoms with Gasteiger partial charge in [0.1, 0.15) is 18.5 Å². The molecule has 1 amide bonds. The number of amides is 1. The number of rotatable bonds is 7. The normalized spacial score (nSPS) is 11.7. The summed E-state index contributed by atoms with van der Waals surface area (Å²) in [6, 6.07) is 9.51. The van der Waals surface area contributed by atoms with Gasteiger partial charge in [0.25, 0.3) is 11.6 Å². The molecule has 0 heterocycles. The molecule has 0 saturated heterocycles. The molecule has 0 aliphatic carbocycles. The van der Waals surface area contributed by atoms with Gasteiger partial charge in [-0.25, -0.2) is 0 Å². The number of aryl methyl sites for hydroxylation is 1. The molecule has 27 heavy (non-hydrogen) atoms. The van der Waals surface area contributed by atoms with Crippen LogP contribution in [0.5, 0.6) is 5.75 Å². The molecule has 1 atom stereocenters. The molecule has 2 aromatic carbocycles. The lowest BCUT2D eigenvalue weighted by Crippen LogP contribution is -2.37. The number of aliphatic hydroxyl groups is 1. The number of nitro benzene ring substituents is 1. The largest absolute Gasteiger partial charge is 0.491 e. The Morgan fingerprint density at radius 3 is 2.67 bits per heavy atom. The first-order chi connectivity index (χ1) is 12.7. The molecular formula is C19H21ClN2O5. The Morgan fingerprint density at radius 2 is 2.04 bits per heavy atom. The number of likely N-dealkylation sites (N-methyl/N-ethyl adjacent to an activating group) is 1. The van der Waals surface area contributed by atoms with Crippen molar-refractivity contribution in [1.29, 1.82) is 0 Å². The number of halogens is 1. The van der Waals surface area contributed by atoms with E-state index in [-0.39, 0.29) is 24.4 Å². The first-order valence-corrected chi connectivity index (χ1v) is 8.65. The maximum atomic E-state index is 12.6. The van der Waals surface area contributed by atoms with Crippen molar-refractivity contribution in [3.8, 4) is 5.75 Å². The second kappa shape index (κ2) is 8.83. The third-order valence-electron chi connectivity index (χ3n) is 4.14. The number of benzene rings is 2. The van der Waals surface area contributed by atoms with Crippen LogP contribution in [0.3, 0.4) is 0 Å². The van der Waals surface area contributed by atoms with Gasteiger partial charge in [-0.3, -0.25) is 14.9 Å². The molecule has 0 aliphatic heterocycles. The molecule has 0 unspecified atom stereocenters. The number of hydrogen-bond donors (Lipinski definition) is 1. The van der Waals surface area contributed by atoms with Gasteiger partial charge >= 0.3 is 0 Å². The second-order valence-electron chi connectivity index (χ2n) is 6.27. The summed E-state index contributed by atoms with van der Waals surface area (Å²) in [5.74, 6) is 0.164. The molecule has 0 radical (unpaired) electrons. The van der Waals surface area contributed by atoms with E-state index >= 15 is 0 Å². The maximum absolute atomic E-state index is 12.6. The maximum Gasteiger partial charge on any atom is 0.273 e. The summed E-state index contributed by atoms with van der Waals surface area (Å²) in [5.41, 5.74) is 1.27. The summed E-state index contributed by atoms with van der Waals surface area (Å²) in [7, 11) is 1.52. The lowest BCUT2D eigenvalue weighted by Gasteiger charge is -2.22. The summed E-state index contributed by atoms with van der Waals surface area (Å²) >= 11 is 5.96. The average Bonchev–Trinajstić information content (AvgIpc) is 2.62. The van der Waals surface area contributed by atoms with Gasteiger partial charge in [0.15, 0.2) is 0 Å². The number of hydrogen-bond acceptors (Lipinski definition) is 5. The van der Waals surface area contributed by atoms with Crippen molar-refractivity contribution in [3.05, 3.63) is 68.2 Å². The van der Waals surface area contributed by atoms with E-state index in [1.165, 1.54) is 37.1 Å². The van der Waals surface area contributed by atoms with Crippen LogP contribution in [0, 0.1) is 24.0 Å². The summed E-state index contributed by atoms with van der Waals surface area (Å²) < 4.78 is 5.53. The zero-order valence-corrected chi connectivity index (χ0v) is 16.1. The Balaban J connectivity index is 1.98. The highest BCUT2D eigenvalue weighted by molar-refractivity contribution is 6.31. The monoisotopic (exact) mass is 392 g/mol. The van der Waals surface area contributed by atoms with Crippen LogP contribution in [0.1, 0.15) is 21.5 Å². The third-order valence-corrected chi connectivity index (χ3v) is 4.56. The van der Waals surface area contributed by atoms with Crippen molar-refractivity contribution in [1.82, 2.24) is 4.90 Å². The number of carbonyl (C=O) groups is 1. The van der Waals surface area contributed by atoms with E-state index in [1.54, 1.807) is 18.2 Å². The lowest BCUT2D eigenvalue weighted by atomic mass is 10.1. The number of carbonyl (C=O) groups excluding carboxylic acids is 1. The third kappa shape index (κ3) is 5.18. The minimum Gasteiger partial charge on any atom is -0.491 e. The number of nitrogens with zero attached hydrogens (tertiary/aromatic N) is 2. The second-order valence-corrected chi connectivity index (χ2v) is 6.68. The Labute approximate surface area is 162 Å². The summed E-state index contributed by atoms with van der Waals surface area (Å²) in [6.45, 7) is 3.39. The van der Waals surface area contributed by atoms with Crippen LogP contribution >= 0.6 is 11.6 Å². The van der Waals surface area contributed by atoms with Gasteiger partial charge in [0.05, 0.1) is 4.92 Å². The quantitative estimate of drug-likeness (QED) is 0.576. The SMILES string of the molecule is Cc1cc(OC[C@H](O)CN(C)C(=O)c2cccc([N+](=O)[O-])c2C)ccc1Cl. The molecule has 7 nitrogen and oxygen atoms in total. The molecule has 0 aromatic heterocycles. The zero-order valence-electron chi connectivity index (χ0n) is 15.3. The summed E-state index contributed by atoms with van der Waals surface area (Å²) in [4.78, 5) is 24.4. The van der Waals surface area contributed by atoms with Crippen molar-refractivity contribution >= 4 is 23.2 Å². The zero-order chi connectivity index (χ0) is 20.1. The topological polar surface area (TPSA) is 92.9 Å². The molecule has 0 spiro atoms. The van der Waals surface area contributed by atoms with E-state index in [1.807, 2.05) is 6.92 Å². The average molecular weight is 393 g/mol. The number of ether oxygens (including phenoxy) is 1. The molecule has 8 heteroatoms. The predicted molar refractivity (Wildman–Crippen MR) is 102 cm³/mol. The van der Waals surface area contributed by atoms with Crippen LogP contribution in [-0.4, -0.2) is 47.1 Å². The van der Waals surface area contributed by atoms with Gasteiger partial charge in [-0.1, -0.05) is 17.7 Å². The Kier molecular flexibility index (Phi) is 6.76. The summed E-state index contributed by atoms with van der Waals surface area (Å²) in [6.07, 6.45) is -0.922. The Hall–Kier alpha value is -2.64. The molecule has 2 rings (SSSR count). The van der Waals surface area contributed by atoms with Gasteiger partial charge in [-0.2, -0.15) is 0 Å². The fourth-order valence-corrected chi connectivity index (χ4v) is 2.73. The highest BCUT2D eigenvalue weighted by Gasteiger charge is 2.22. The highest BCUT2D eigenvalue weighted by Crippen LogP contribution is 2.23. The van der Waals surface area contributed by atoms with Crippen LogP contribution in [-0.2, 0) is 0 Å². The van der Waals surface area contributed by atoms with Gasteiger partial charge in [0.2, 0.25) is 0 Å². The Morgan fingerprint density at radius 1 is 1.33 bits per heavy atom. The molecule has 0 saturated carbocycles. The van der Waals surface area contributed by atoms with E-state index < -0.39 is 16.9 Å². The number of aliphatic hydroxyl groups excluding tert-OH is 1. The van der Waals surface area contributed by atoms with Gasteiger partial charge in [-0.15, -0.1) is 0 Å². The van der Waals surface area contributed by atoms with E-state index in [9.17, 15) is 20.0 Å². The van der Waals surface area contributed by atoms with Crippen molar-refractivity contribution < 1.29 is 19.6 Å². The van der Waals surface area contributed by atoms with E-state index in [4.69, 9.17) is 16.3 Å². The van der Waals surface area contributed by atoms with E-state index in [0.29, 0.717) is 16.3 Å². The predicted octanol–water partition coefficient (Wildman–Crippen LogP) is 3.38. The van der Waals surface area contributed by atoms with Crippen LogP contribution in [0.25, 0.3) is 0 Å². The smallest absolute Gasteiger partial charge is 0.273 e. The molecule has 0 aliphatic rings. The van der Waals surface area contributed by atoms with Crippen molar-refractivity contribution in [2.45, 2.75) is 20.0 Å². The van der Waals surface area contributed by atoms with Crippen LogP contribution in [0.2, 0.25) is 5.02 Å². The lowest BCUT2D eigenvalue weighted by molar-refractivity contribution is -0.385. The van der Waals surface area contributed by atoms with Crippen LogP contribution in [0.4, 0.5) is 5.69 Å². The Bertz CT molecular complexity index is 856. The van der Waals surface area contributed by atoms with Gasteiger partial charge in [0, 0.05) is 35.8 Å². The molecule has 1 N–H and O–H groups in total. The fraction of sp³-hybridized carbons (Fsp3) is 0.316. The first kappa shape index (κ1) is 20.7. The van der Waals surface area contributed by atoms with Crippen molar-refractivity contribution in [2.24, 2.45) is 0 Å². The minimum atomic E-state index is -0.922. The molecule has 2 aromatic rings. The standard InChI is InChI=1S/C19H21ClN2O5/c1-12-9-15(7-8-17(12)20)27-11-14(23)10-21(3)19(24)16-5-4-6-18(13(16)2)22(25)26/h4-9,14,23H,10-11H2,1-3H3/t14-/m1/s1. The van der Waals surface area contributed by atoms with Crippen LogP contribution in [0.15, 0.2) is 36.4 Å². The van der Waals surface area contributed by atoms with Crippen molar-refractivity contribution in [3.63, 3.8) is 0 Å². The molecule has 0 fully saturated rings. The van der Waals surface area contributed by atoms with E-state index in [0.717, 1.165) is 5.56 Å². The highest BCUT2D eigenvalue weighted by atomic mass is 35.5.